The van der Waals surface area contributed by atoms with Crippen molar-refractivity contribution in [2.24, 2.45) is 0 Å². The fraction of sp³-hybridized carbons (Fsp3) is 0. The highest BCUT2D eigenvalue weighted by Crippen LogP contribution is 2.13. The van der Waals surface area contributed by atoms with Gasteiger partial charge in [0, 0.05) is 0 Å². The van der Waals surface area contributed by atoms with Crippen LogP contribution in [-0.2, 0) is 0 Å². The van der Waals surface area contributed by atoms with Crippen molar-refractivity contribution in [3.05, 3.63) is 28.0 Å². The normalized spacial score (nSPS) is 10.8. The monoisotopic (exact) mass is 176 g/mol. The standard InChI is InChI=1S/C6H3Cl2NO/c7-5-2-1-4(3-10)6(8)9-5/h1-3H/i3D. The van der Waals surface area contributed by atoms with Crippen LogP contribution in [-0.4, -0.2) is 11.2 Å². The van der Waals surface area contributed by atoms with Gasteiger partial charge in [0.2, 0.25) is 0 Å². The van der Waals surface area contributed by atoms with Crippen molar-refractivity contribution < 1.29 is 6.17 Å². The molecule has 0 fully saturated rings. The molecule has 4 heteroatoms. The number of hydrogen-bond donors (Lipinski definition) is 0. The van der Waals surface area contributed by atoms with Gasteiger partial charge in [0.05, 0.1) is 5.56 Å². The SMILES string of the molecule is [2H]C(=O)c1ccc(Cl)nc1Cl. The summed E-state index contributed by atoms with van der Waals surface area (Å²) in [5.74, 6) is 0. The summed E-state index contributed by atoms with van der Waals surface area (Å²) in [4.78, 5) is 14.1. The van der Waals surface area contributed by atoms with E-state index < -0.39 is 6.26 Å². The predicted octanol–water partition coefficient (Wildman–Crippen LogP) is 2.20. The van der Waals surface area contributed by atoms with Crippen LogP contribution in [0.4, 0.5) is 0 Å². The molecule has 0 amide bonds. The van der Waals surface area contributed by atoms with Crippen molar-refractivity contribution in [3.63, 3.8) is 0 Å². The highest BCUT2D eigenvalue weighted by Gasteiger charge is 1.99. The maximum Gasteiger partial charge on any atom is 0.153 e. The summed E-state index contributed by atoms with van der Waals surface area (Å²) in [7, 11) is 0. The maximum absolute atomic E-state index is 10.5. The molecule has 0 saturated carbocycles. The number of carbonyl (C=O) groups is 1. The fourth-order valence-corrected chi connectivity index (χ4v) is 0.872. The van der Waals surface area contributed by atoms with Crippen LogP contribution in [0, 0.1) is 0 Å². The van der Waals surface area contributed by atoms with Crippen LogP contribution in [0.1, 0.15) is 11.7 Å². The Hall–Kier alpha value is -0.600. The van der Waals surface area contributed by atoms with E-state index in [2.05, 4.69) is 4.98 Å². The number of rotatable bonds is 1. The topological polar surface area (TPSA) is 30.0 Å². The van der Waals surface area contributed by atoms with Crippen molar-refractivity contribution in [3.8, 4) is 0 Å². The highest BCUT2D eigenvalue weighted by atomic mass is 35.5. The Kier molecular flexibility index (Phi) is 1.83. The van der Waals surface area contributed by atoms with Gasteiger partial charge >= 0.3 is 0 Å². The molecule has 0 bridgehead atoms. The highest BCUT2D eigenvalue weighted by molar-refractivity contribution is 6.33. The first kappa shape index (κ1) is 6.13. The second-order valence-corrected chi connectivity index (χ2v) is 2.32. The molecule has 0 atom stereocenters. The number of nitrogens with zero attached hydrogens (tertiary/aromatic N) is 1. The molecule has 0 saturated heterocycles. The van der Waals surface area contributed by atoms with Crippen molar-refractivity contribution >= 4 is 29.5 Å². The summed E-state index contributed by atoms with van der Waals surface area (Å²) in [5, 5.41) is 0.178. The van der Waals surface area contributed by atoms with Gasteiger partial charge in [-0.1, -0.05) is 23.2 Å². The summed E-state index contributed by atoms with van der Waals surface area (Å²) >= 11 is 10.9. The molecule has 10 heavy (non-hydrogen) atoms. The van der Waals surface area contributed by atoms with Gasteiger partial charge in [0.15, 0.2) is 6.26 Å². The molecule has 0 aliphatic carbocycles. The Labute approximate surface area is 69.2 Å². The molecule has 1 aromatic rings. The van der Waals surface area contributed by atoms with E-state index >= 15 is 0 Å². The van der Waals surface area contributed by atoms with Gasteiger partial charge in [-0.05, 0) is 12.1 Å². The molecular weight excluding hydrogens is 173 g/mol. The largest absolute Gasteiger partial charge is 0.298 e. The maximum atomic E-state index is 10.5. The molecule has 0 N–H and O–H groups in total. The average Bonchev–Trinajstić information content (AvgIpc) is 1.85. The zero-order valence-electron chi connectivity index (χ0n) is 5.77. The van der Waals surface area contributed by atoms with Crippen molar-refractivity contribution in [1.82, 2.24) is 4.98 Å². The van der Waals surface area contributed by atoms with E-state index in [1.54, 1.807) is 0 Å². The fourth-order valence-electron chi connectivity index (χ4n) is 0.488. The molecule has 0 unspecified atom stereocenters. The number of pyridine rings is 1. The Morgan fingerprint density at radius 1 is 1.60 bits per heavy atom. The van der Waals surface area contributed by atoms with Gasteiger partial charge in [-0.15, -0.1) is 0 Å². The summed E-state index contributed by atoms with van der Waals surface area (Å²) in [6.45, 7) is 0. The number of halogens is 2. The minimum atomic E-state index is -0.862. The van der Waals surface area contributed by atoms with E-state index in [9.17, 15) is 4.79 Å². The lowest BCUT2D eigenvalue weighted by atomic mass is 10.3. The van der Waals surface area contributed by atoms with Crippen LogP contribution >= 0.6 is 23.2 Å². The molecule has 0 radical (unpaired) electrons. The molecule has 1 heterocycles. The Morgan fingerprint density at radius 3 is 2.80 bits per heavy atom. The van der Waals surface area contributed by atoms with Gasteiger partial charge in [-0.3, -0.25) is 4.79 Å². The smallest absolute Gasteiger partial charge is 0.153 e. The zero-order chi connectivity index (χ0) is 8.43. The molecule has 1 rings (SSSR count). The van der Waals surface area contributed by atoms with E-state index in [0.29, 0.717) is 0 Å². The summed E-state index contributed by atoms with van der Waals surface area (Å²) in [5.41, 5.74) is 0.0658. The Morgan fingerprint density at radius 2 is 2.30 bits per heavy atom. The minimum Gasteiger partial charge on any atom is -0.298 e. The zero-order valence-corrected chi connectivity index (χ0v) is 6.28. The van der Waals surface area contributed by atoms with E-state index in [0.717, 1.165) is 0 Å². The molecule has 1 aromatic heterocycles. The summed E-state index contributed by atoms with van der Waals surface area (Å²) < 4.78 is 6.72. The molecule has 0 aliphatic rings. The van der Waals surface area contributed by atoms with E-state index in [1.807, 2.05) is 0 Å². The molecule has 0 spiro atoms. The van der Waals surface area contributed by atoms with E-state index in [-0.39, 0.29) is 15.9 Å². The van der Waals surface area contributed by atoms with Gasteiger partial charge in [0.25, 0.3) is 0 Å². The molecule has 0 aliphatic heterocycles. The quantitative estimate of drug-likeness (QED) is 0.486. The predicted molar refractivity (Wildman–Crippen MR) is 39.6 cm³/mol. The van der Waals surface area contributed by atoms with Crippen LogP contribution in [0.15, 0.2) is 12.1 Å². The second kappa shape index (κ2) is 2.99. The van der Waals surface area contributed by atoms with Crippen molar-refractivity contribution in [1.29, 1.82) is 0 Å². The lowest BCUT2D eigenvalue weighted by molar-refractivity contribution is 0.112. The van der Waals surface area contributed by atoms with Crippen LogP contribution < -0.4 is 0 Å². The molecule has 52 valence electrons. The van der Waals surface area contributed by atoms with Crippen molar-refractivity contribution in [2.75, 3.05) is 0 Å². The number of hydrogen-bond acceptors (Lipinski definition) is 2. The lowest BCUT2D eigenvalue weighted by Crippen LogP contribution is -1.84. The third-order valence-corrected chi connectivity index (χ3v) is 1.42. The van der Waals surface area contributed by atoms with Crippen LogP contribution in [0.25, 0.3) is 0 Å². The summed E-state index contributed by atoms with van der Waals surface area (Å²) in [6, 6.07) is 2.78. The molecule has 0 aromatic carbocycles. The first-order valence-electron chi connectivity index (χ1n) is 2.94. The average molecular weight is 177 g/mol. The van der Waals surface area contributed by atoms with Crippen LogP contribution in [0.2, 0.25) is 10.3 Å². The van der Waals surface area contributed by atoms with Crippen LogP contribution in [0.3, 0.4) is 0 Å². The minimum absolute atomic E-state index is 0.0301. The number of aromatic nitrogens is 1. The third-order valence-electron chi connectivity index (χ3n) is 0.925. The Balaban J connectivity index is 3.20. The van der Waals surface area contributed by atoms with E-state index in [4.69, 9.17) is 24.6 Å². The van der Waals surface area contributed by atoms with Gasteiger partial charge in [-0.25, -0.2) is 4.98 Å². The molecular formula is C6H3Cl2NO. The third kappa shape index (κ3) is 1.46. The number of aldehydes is 1. The Bertz CT molecular complexity index is 303. The summed E-state index contributed by atoms with van der Waals surface area (Å²) in [6.07, 6.45) is -0.862. The molecule has 2 nitrogen and oxygen atoms in total. The van der Waals surface area contributed by atoms with Crippen molar-refractivity contribution in [2.45, 2.75) is 0 Å². The first-order valence-corrected chi connectivity index (χ1v) is 3.20. The first-order chi connectivity index (χ1) is 5.11. The number of carbonyl (C=O) groups excluding carboxylic acids is 1. The van der Waals surface area contributed by atoms with Gasteiger partial charge in [0.1, 0.15) is 11.7 Å². The second-order valence-electron chi connectivity index (χ2n) is 1.57. The van der Waals surface area contributed by atoms with Gasteiger partial charge < -0.3 is 0 Å². The van der Waals surface area contributed by atoms with E-state index in [1.165, 1.54) is 12.1 Å². The van der Waals surface area contributed by atoms with Gasteiger partial charge in [-0.2, -0.15) is 0 Å². The lowest BCUT2D eigenvalue weighted by Gasteiger charge is -1.92. The van der Waals surface area contributed by atoms with Crippen LogP contribution in [0.5, 0.6) is 0 Å².